The molecule has 6 nitrogen and oxygen atoms in total. The van der Waals surface area contributed by atoms with Crippen molar-refractivity contribution in [1.82, 2.24) is 10.2 Å². The van der Waals surface area contributed by atoms with E-state index in [-0.39, 0.29) is 11.6 Å². The molecule has 1 aliphatic heterocycles. The van der Waals surface area contributed by atoms with Gasteiger partial charge in [-0.25, -0.2) is 9.18 Å². The number of nitrogens with zero attached hydrogens (tertiary/aromatic N) is 1. The third-order valence-electron chi connectivity index (χ3n) is 3.81. The summed E-state index contributed by atoms with van der Waals surface area (Å²) in [5.41, 5.74) is -0.431. The lowest BCUT2D eigenvalue weighted by molar-refractivity contribution is 0.0185. The minimum Gasteiger partial charge on any atom is -0.496 e. The highest BCUT2D eigenvalue weighted by Gasteiger charge is 2.29. The van der Waals surface area contributed by atoms with Crippen LogP contribution in [0.15, 0.2) is 18.2 Å². The molecule has 2 rings (SSSR count). The molecule has 1 heterocycles. The fourth-order valence-electron chi connectivity index (χ4n) is 2.71. The number of hydrogen-bond acceptors (Lipinski definition) is 4. The topological polar surface area (TPSA) is 67.9 Å². The Kier molecular flexibility index (Phi) is 5.87. The summed E-state index contributed by atoms with van der Waals surface area (Å²) in [6, 6.07) is 3.57. The van der Waals surface area contributed by atoms with Crippen molar-refractivity contribution < 1.29 is 23.5 Å². The van der Waals surface area contributed by atoms with E-state index in [0.717, 1.165) is 18.9 Å². The van der Waals surface area contributed by atoms with Crippen molar-refractivity contribution in [1.29, 1.82) is 0 Å². The molecule has 0 aliphatic carbocycles. The summed E-state index contributed by atoms with van der Waals surface area (Å²) in [5, 5.41) is 2.85. The van der Waals surface area contributed by atoms with Crippen molar-refractivity contribution in [2.24, 2.45) is 0 Å². The third kappa shape index (κ3) is 5.34. The van der Waals surface area contributed by atoms with Gasteiger partial charge in [0.15, 0.2) is 0 Å². The molecule has 1 saturated heterocycles. The molecule has 1 aromatic rings. The van der Waals surface area contributed by atoms with E-state index in [1.165, 1.54) is 19.2 Å². The van der Waals surface area contributed by atoms with Crippen LogP contribution in [0.5, 0.6) is 5.75 Å². The molecule has 0 unspecified atom stereocenters. The molecule has 0 bridgehead atoms. The van der Waals surface area contributed by atoms with Gasteiger partial charge in [0.05, 0.1) is 12.7 Å². The lowest BCUT2D eigenvalue weighted by atomic mass is 10.1. The summed E-state index contributed by atoms with van der Waals surface area (Å²) in [7, 11) is 1.43. The summed E-state index contributed by atoms with van der Waals surface area (Å²) in [6.07, 6.45) is 1.10. The lowest BCUT2D eigenvalue weighted by Crippen LogP contribution is -2.50. The Labute approximate surface area is 147 Å². The Hall–Kier alpha value is -2.31. The van der Waals surface area contributed by atoms with Gasteiger partial charge < -0.3 is 19.7 Å². The van der Waals surface area contributed by atoms with E-state index in [4.69, 9.17) is 9.47 Å². The Bertz CT molecular complexity index is 642. The zero-order valence-corrected chi connectivity index (χ0v) is 15.1. The van der Waals surface area contributed by atoms with Gasteiger partial charge in [0.25, 0.3) is 5.91 Å². The van der Waals surface area contributed by atoms with Crippen LogP contribution in [0.4, 0.5) is 9.18 Å². The van der Waals surface area contributed by atoms with E-state index in [1.807, 2.05) is 20.8 Å². The van der Waals surface area contributed by atoms with Crippen LogP contribution in [0, 0.1) is 5.82 Å². The summed E-state index contributed by atoms with van der Waals surface area (Å²) < 4.78 is 23.9. The fraction of sp³-hybridized carbons (Fsp3) is 0.556. The second-order valence-electron chi connectivity index (χ2n) is 7.08. The van der Waals surface area contributed by atoms with Gasteiger partial charge in [-0.15, -0.1) is 0 Å². The number of nitrogens with one attached hydrogen (secondary N) is 1. The highest BCUT2D eigenvalue weighted by molar-refractivity contribution is 5.97. The van der Waals surface area contributed by atoms with Crippen molar-refractivity contribution in [2.75, 3.05) is 20.2 Å². The van der Waals surface area contributed by atoms with Crippen LogP contribution >= 0.6 is 0 Å². The maximum Gasteiger partial charge on any atom is 0.410 e. The number of carbonyl (C=O) groups excluding carboxylic acids is 2. The van der Waals surface area contributed by atoms with Crippen LogP contribution in [0.2, 0.25) is 0 Å². The molecule has 0 saturated carbocycles. The zero-order chi connectivity index (χ0) is 18.6. The molecule has 138 valence electrons. The maximum absolute atomic E-state index is 13.4. The van der Waals surface area contributed by atoms with Gasteiger partial charge in [0, 0.05) is 19.1 Å². The second-order valence-corrected chi connectivity index (χ2v) is 7.08. The third-order valence-corrected chi connectivity index (χ3v) is 3.81. The number of benzene rings is 1. The quantitative estimate of drug-likeness (QED) is 0.908. The molecule has 7 heteroatoms. The van der Waals surface area contributed by atoms with Gasteiger partial charge in [-0.1, -0.05) is 0 Å². The molecule has 1 fully saturated rings. The van der Waals surface area contributed by atoms with Gasteiger partial charge in [-0.3, -0.25) is 4.79 Å². The lowest BCUT2D eigenvalue weighted by Gasteiger charge is -2.34. The molecular formula is C18H25FN2O4. The van der Waals surface area contributed by atoms with Crippen LogP contribution in [-0.4, -0.2) is 48.7 Å². The molecule has 0 radical (unpaired) electrons. The first-order valence-electron chi connectivity index (χ1n) is 8.32. The standard InChI is InChI=1S/C18H25FN2O4/c1-18(2,3)25-17(23)21-9-5-6-13(11-21)20-16(22)14-10-12(19)7-8-15(14)24-4/h7-8,10,13H,5-6,9,11H2,1-4H3,(H,20,22)/t13-/m1/s1. The van der Waals surface area contributed by atoms with E-state index in [9.17, 15) is 14.0 Å². The predicted molar refractivity (Wildman–Crippen MR) is 91.2 cm³/mol. The summed E-state index contributed by atoms with van der Waals surface area (Å²) in [4.78, 5) is 26.2. The minimum absolute atomic E-state index is 0.136. The first-order valence-corrected chi connectivity index (χ1v) is 8.32. The summed E-state index contributed by atoms with van der Waals surface area (Å²) in [5.74, 6) is -0.629. The van der Waals surface area contributed by atoms with Crippen molar-refractivity contribution in [2.45, 2.75) is 45.3 Å². The summed E-state index contributed by atoms with van der Waals surface area (Å²) in [6.45, 7) is 6.38. The van der Waals surface area contributed by atoms with Crippen molar-refractivity contribution in [3.63, 3.8) is 0 Å². The van der Waals surface area contributed by atoms with Crippen LogP contribution in [0.1, 0.15) is 44.0 Å². The molecule has 1 aliphatic rings. The van der Waals surface area contributed by atoms with Gasteiger partial charge in [0.2, 0.25) is 0 Å². The number of hydrogen-bond donors (Lipinski definition) is 1. The van der Waals surface area contributed by atoms with Gasteiger partial charge >= 0.3 is 6.09 Å². The number of carbonyl (C=O) groups is 2. The predicted octanol–water partition coefficient (Wildman–Crippen LogP) is 2.96. The Balaban J connectivity index is 2.02. The number of amides is 2. The first kappa shape index (κ1) is 19.0. The highest BCUT2D eigenvalue weighted by Crippen LogP contribution is 2.20. The largest absolute Gasteiger partial charge is 0.496 e. The molecule has 1 N–H and O–H groups in total. The van der Waals surface area contributed by atoms with Crippen LogP contribution in [-0.2, 0) is 4.74 Å². The molecule has 2 amide bonds. The van der Waals surface area contributed by atoms with Crippen LogP contribution in [0.25, 0.3) is 0 Å². The highest BCUT2D eigenvalue weighted by atomic mass is 19.1. The minimum atomic E-state index is -0.567. The molecule has 25 heavy (non-hydrogen) atoms. The van der Waals surface area contributed by atoms with Gasteiger partial charge in [0.1, 0.15) is 17.2 Å². The number of methoxy groups -OCH3 is 1. The van der Waals surface area contributed by atoms with Crippen LogP contribution in [0.3, 0.4) is 0 Å². The maximum atomic E-state index is 13.4. The van der Waals surface area contributed by atoms with E-state index < -0.39 is 23.4 Å². The van der Waals surface area contributed by atoms with Gasteiger partial charge in [-0.05, 0) is 51.8 Å². The van der Waals surface area contributed by atoms with Crippen LogP contribution < -0.4 is 10.1 Å². The summed E-state index contributed by atoms with van der Waals surface area (Å²) >= 11 is 0. The van der Waals surface area contributed by atoms with Crippen molar-refractivity contribution >= 4 is 12.0 Å². The Morgan fingerprint density at radius 2 is 2.04 bits per heavy atom. The van der Waals surface area contributed by atoms with E-state index in [1.54, 1.807) is 4.90 Å². The molecular weight excluding hydrogens is 327 g/mol. The number of likely N-dealkylation sites (tertiary alicyclic amines) is 1. The SMILES string of the molecule is COc1ccc(F)cc1C(=O)N[C@@H]1CCCN(C(=O)OC(C)(C)C)C1. The second kappa shape index (κ2) is 7.72. The first-order chi connectivity index (χ1) is 11.7. The number of piperidine rings is 1. The normalized spacial score (nSPS) is 17.8. The molecule has 0 aromatic heterocycles. The van der Waals surface area contributed by atoms with E-state index in [0.29, 0.717) is 18.8 Å². The molecule has 0 spiro atoms. The molecule has 1 atom stereocenters. The number of halogens is 1. The Morgan fingerprint density at radius 3 is 2.68 bits per heavy atom. The average molecular weight is 352 g/mol. The number of rotatable bonds is 3. The smallest absolute Gasteiger partial charge is 0.410 e. The monoisotopic (exact) mass is 352 g/mol. The Morgan fingerprint density at radius 1 is 1.32 bits per heavy atom. The van der Waals surface area contributed by atoms with Crippen molar-refractivity contribution in [3.8, 4) is 5.75 Å². The van der Waals surface area contributed by atoms with E-state index in [2.05, 4.69) is 5.32 Å². The number of ether oxygens (including phenoxy) is 2. The molecule has 1 aromatic carbocycles. The zero-order valence-electron chi connectivity index (χ0n) is 15.1. The average Bonchev–Trinajstić information content (AvgIpc) is 2.53. The van der Waals surface area contributed by atoms with Gasteiger partial charge in [-0.2, -0.15) is 0 Å². The van der Waals surface area contributed by atoms with Crippen molar-refractivity contribution in [3.05, 3.63) is 29.6 Å². The van der Waals surface area contributed by atoms with E-state index >= 15 is 0 Å². The fourth-order valence-corrected chi connectivity index (χ4v) is 2.71.